The monoisotopic (exact) mass is 369 g/mol. The zero-order chi connectivity index (χ0) is 14.0. The van der Waals surface area contributed by atoms with Crippen molar-refractivity contribution in [2.45, 2.75) is 12.7 Å². The van der Waals surface area contributed by atoms with Crippen LogP contribution in [0.15, 0.2) is 34.1 Å². The van der Waals surface area contributed by atoms with Gasteiger partial charge < -0.3 is 5.32 Å². The highest BCUT2D eigenvalue weighted by Crippen LogP contribution is 2.34. The molecule has 0 unspecified atom stereocenters. The first-order valence-corrected chi connectivity index (χ1v) is 7.20. The summed E-state index contributed by atoms with van der Waals surface area (Å²) in [5.41, 5.74) is -0.437. The van der Waals surface area contributed by atoms with E-state index in [0.29, 0.717) is 6.54 Å². The lowest BCUT2D eigenvalue weighted by molar-refractivity contribution is -0.137. The van der Waals surface area contributed by atoms with E-state index in [4.69, 9.17) is 11.6 Å². The molecule has 102 valence electrons. The number of halogens is 5. The Kier molecular flexibility index (Phi) is 4.43. The minimum absolute atomic E-state index is 0.267. The zero-order valence-electron chi connectivity index (χ0n) is 9.39. The van der Waals surface area contributed by atoms with Crippen LogP contribution in [0.5, 0.6) is 0 Å². The Balaban J connectivity index is 2.15. The van der Waals surface area contributed by atoms with Crippen molar-refractivity contribution in [3.63, 3.8) is 0 Å². The number of hydrogen-bond donors (Lipinski definition) is 1. The van der Waals surface area contributed by atoms with E-state index in [2.05, 4.69) is 21.2 Å². The van der Waals surface area contributed by atoms with E-state index in [1.54, 1.807) is 0 Å². The minimum atomic E-state index is -4.37. The van der Waals surface area contributed by atoms with E-state index >= 15 is 0 Å². The third-order valence-electron chi connectivity index (χ3n) is 2.38. The standard InChI is InChI=1S/C12H8BrClF3NS/c13-11-4-2-8(19-11)6-18-10-5-7(12(15,16)17)1-3-9(10)14/h1-5,18H,6H2. The second-order valence-electron chi connectivity index (χ2n) is 3.75. The molecule has 1 N–H and O–H groups in total. The molecule has 2 aromatic rings. The van der Waals surface area contributed by atoms with E-state index in [0.717, 1.165) is 20.8 Å². The summed E-state index contributed by atoms with van der Waals surface area (Å²) in [4.78, 5) is 1.00. The Labute approximate surface area is 125 Å². The average molecular weight is 371 g/mol. The number of alkyl halides is 3. The molecule has 19 heavy (non-hydrogen) atoms. The summed E-state index contributed by atoms with van der Waals surface area (Å²) in [6.45, 7) is 0.428. The van der Waals surface area contributed by atoms with Crippen LogP contribution in [0.25, 0.3) is 0 Å². The van der Waals surface area contributed by atoms with E-state index in [1.165, 1.54) is 17.4 Å². The van der Waals surface area contributed by atoms with E-state index in [1.807, 2.05) is 12.1 Å². The summed E-state index contributed by atoms with van der Waals surface area (Å²) in [5.74, 6) is 0. The van der Waals surface area contributed by atoms with Crippen molar-refractivity contribution in [2.24, 2.45) is 0 Å². The summed E-state index contributed by atoms with van der Waals surface area (Å²) in [7, 11) is 0. The van der Waals surface area contributed by atoms with E-state index < -0.39 is 11.7 Å². The molecule has 0 aliphatic heterocycles. The van der Waals surface area contributed by atoms with E-state index in [-0.39, 0.29) is 10.7 Å². The Bertz CT molecular complexity index is 583. The van der Waals surface area contributed by atoms with Crippen LogP contribution in [0.2, 0.25) is 5.02 Å². The van der Waals surface area contributed by atoms with Crippen molar-refractivity contribution in [1.82, 2.24) is 0 Å². The molecule has 0 atom stereocenters. The van der Waals surface area contributed by atoms with Crippen LogP contribution in [0.1, 0.15) is 10.4 Å². The summed E-state index contributed by atoms with van der Waals surface area (Å²) < 4.78 is 38.7. The van der Waals surface area contributed by atoms with Gasteiger partial charge in [0.1, 0.15) is 0 Å². The Hall–Kier alpha value is -0.720. The van der Waals surface area contributed by atoms with Gasteiger partial charge in [0.25, 0.3) is 0 Å². The van der Waals surface area contributed by atoms with Gasteiger partial charge in [0.2, 0.25) is 0 Å². The second-order valence-corrected chi connectivity index (χ2v) is 6.71. The first kappa shape index (κ1) is 14.7. The molecule has 0 saturated heterocycles. The van der Waals surface area contributed by atoms with Gasteiger partial charge in [0.15, 0.2) is 0 Å². The summed E-state index contributed by atoms with van der Waals surface area (Å²) in [5, 5.41) is 3.18. The second kappa shape index (κ2) is 5.73. The van der Waals surface area contributed by atoms with Crippen LogP contribution in [-0.4, -0.2) is 0 Å². The first-order valence-electron chi connectivity index (χ1n) is 5.21. The molecule has 0 fully saturated rings. The molecule has 1 aromatic heterocycles. The highest BCUT2D eigenvalue weighted by atomic mass is 79.9. The van der Waals surface area contributed by atoms with Gasteiger partial charge >= 0.3 is 6.18 Å². The number of rotatable bonds is 3. The third kappa shape index (κ3) is 3.87. The number of anilines is 1. The van der Waals surface area contributed by atoms with Gasteiger partial charge in [-0.15, -0.1) is 11.3 Å². The van der Waals surface area contributed by atoms with Crippen molar-refractivity contribution in [1.29, 1.82) is 0 Å². The summed E-state index contributed by atoms with van der Waals surface area (Å²) >= 11 is 10.7. The number of hydrogen-bond acceptors (Lipinski definition) is 2. The molecule has 1 heterocycles. The largest absolute Gasteiger partial charge is 0.416 e. The normalized spacial score (nSPS) is 11.6. The van der Waals surface area contributed by atoms with Gasteiger partial charge in [-0.1, -0.05) is 11.6 Å². The predicted molar refractivity (Wildman–Crippen MR) is 75.8 cm³/mol. The quantitative estimate of drug-likeness (QED) is 0.720. The minimum Gasteiger partial charge on any atom is -0.379 e. The maximum atomic E-state index is 12.6. The molecule has 0 radical (unpaired) electrons. The topological polar surface area (TPSA) is 12.0 Å². The van der Waals surface area contributed by atoms with Crippen LogP contribution >= 0.6 is 38.9 Å². The fraction of sp³-hybridized carbons (Fsp3) is 0.167. The summed E-state index contributed by atoms with van der Waals surface area (Å²) in [6, 6.07) is 7.01. The molecular weight excluding hydrogens is 363 g/mol. The molecule has 0 spiro atoms. The van der Waals surface area contributed by atoms with Gasteiger partial charge in [0, 0.05) is 11.4 Å². The lowest BCUT2D eigenvalue weighted by atomic mass is 10.2. The van der Waals surface area contributed by atoms with Gasteiger partial charge in [0.05, 0.1) is 20.1 Å². The smallest absolute Gasteiger partial charge is 0.379 e. The molecular formula is C12H8BrClF3NS. The van der Waals surface area contributed by atoms with Crippen molar-refractivity contribution in [3.05, 3.63) is 49.6 Å². The molecule has 7 heteroatoms. The highest BCUT2D eigenvalue weighted by molar-refractivity contribution is 9.11. The molecule has 0 aliphatic rings. The van der Waals surface area contributed by atoms with Gasteiger partial charge in [-0.2, -0.15) is 13.2 Å². The van der Waals surface area contributed by atoms with Crippen molar-refractivity contribution >= 4 is 44.6 Å². The lowest BCUT2D eigenvalue weighted by Crippen LogP contribution is -2.06. The van der Waals surface area contributed by atoms with Gasteiger partial charge in [-0.25, -0.2) is 0 Å². The molecule has 1 nitrogen and oxygen atoms in total. The Morgan fingerprint density at radius 3 is 2.53 bits per heavy atom. The van der Waals surface area contributed by atoms with Gasteiger partial charge in [-0.3, -0.25) is 0 Å². The fourth-order valence-corrected chi connectivity index (χ4v) is 3.07. The number of thiophene rings is 1. The average Bonchev–Trinajstić information content (AvgIpc) is 2.72. The molecule has 0 amide bonds. The Morgan fingerprint density at radius 1 is 1.21 bits per heavy atom. The fourth-order valence-electron chi connectivity index (χ4n) is 1.47. The van der Waals surface area contributed by atoms with Crippen LogP contribution in [-0.2, 0) is 12.7 Å². The highest BCUT2D eigenvalue weighted by Gasteiger charge is 2.30. The van der Waals surface area contributed by atoms with Crippen LogP contribution in [0, 0.1) is 0 Å². The first-order chi connectivity index (χ1) is 8.86. The molecule has 2 rings (SSSR count). The van der Waals surface area contributed by atoms with Crippen LogP contribution in [0.4, 0.5) is 18.9 Å². The Morgan fingerprint density at radius 2 is 1.95 bits per heavy atom. The SMILES string of the molecule is FC(F)(F)c1ccc(Cl)c(NCc2ccc(Br)s2)c1. The van der Waals surface area contributed by atoms with Crippen molar-refractivity contribution in [3.8, 4) is 0 Å². The van der Waals surface area contributed by atoms with Crippen molar-refractivity contribution in [2.75, 3.05) is 5.32 Å². The van der Waals surface area contributed by atoms with Crippen LogP contribution in [0.3, 0.4) is 0 Å². The zero-order valence-corrected chi connectivity index (χ0v) is 12.6. The molecule has 1 aromatic carbocycles. The molecule has 0 aliphatic carbocycles. The lowest BCUT2D eigenvalue weighted by Gasteiger charge is -2.11. The maximum Gasteiger partial charge on any atom is 0.416 e. The summed E-state index contributed by atoms with van der Waals surface area (Å²) in [6.07, 6.45) is -4.37. The maximum absolute atomic E-state index is 12.6. The molecule has 0 bridgehead atoms. The van der Waals surface area contributed by atoms with E-state index in [9.17, 15) is 13.2 Å². The van der Waals surface area contributed by atoms with Gasteiger partial charge in [-0.05, 0) is 46.3 Å². The predicted octanol–water partition coefficient (Wildman–Crippen LogP) is 5.79. The number of nitrogens with one attached hydrogen (secondary N) is 1. The van der Waals surface area contributed by atoms with Crippen LogP contribution < -0.4 is 5.32 Å². The molecule has 0 saturated carbocycles. The number of benzene rings is 1. The third-order valence-corrected chi connectivity index (χ3v) is 4.33. The van der Waals surface area contributed by atoms with Crippen molar-refractivity contribution < 1.29 is 13.2 Å².